The molecule has 4 heterocycles. The number of pyridine rings is 4. The number of nitrogens with one attached hydrogen (secondary N) is 2. The van der Waals surface area contributed by atoms with E-state index in [0.717, 1.165) is 24.3 Å². The molecular weight excluding hydrogens is 893 g/mol. The highest BCUT2D eigenvalue weighted by atomic mass is 32.2. The number of aromatic hydroxyl groups is 2. The smallest absolute Gasteiger partial charge is 0.295 e. The maximum atomic E-state index is 13.6. The normalized spacial score (nSPS) is 12.0. The van der Waals surface area contributed by atoms with Crippen LogP contribution >= 0.6 is 0 Å². The van der Waals surface area contributed by atoms with Crippen LogP contribution in [0.25, 0.3) is 32.9 Å². The van der Waals surface area contributed by atoms with E-state index >= 15 is 0 Å². The molecule has 0 bridgehead atoms. The third-order valence-electron chi connectivity index (χ3n) is 9.89. The minimum Gasteiger partial charge on any atom is -0.507 e. The van der Waals surface area contributed by atoms with Crippen molar-refractivity contribution in [3.05, 3.63) is 144 Å². The van der Waals surface area contributed by atoms with Gasteiger partial charge in [-0.3, -0.25) is 18.7 Å². The molecule has 4 aromatic heterocycles. The highest BCUT2D eigenvalue weighted by Gasteiger charge is 2.26. The van der Waals surface area contributed by atoms with E-state index in [1.165, 1.54) is 62.4 Å². The SMILES string of the molecule is Cc1nc2c(N=Nc3ccccn3)ccc(O)c2cc1C(=O)Nc1ccc(-c2ccc(NC(=O)c3cc4c(O)ccc(N=Nc5ccccn5)c4nc3C)cc2S(=O)(=O)O)c(S(=O)(=O)O)c1. The first-order valence-electron chi connectivity index (χ1n) is 19.2. The fraction of sp³-hybridized carbons (Fsp3) is 0.0455. The van der Waals surface area contributed by atoms with E-state index in [1.807, 2.05) is 0 Å². The Hall–Kier alpha value is -8.44. The molecule has 22 heteroatoms. The topological polar surface area (TPSA) is 308 Å². The summed E-state index contributed by atoms with van der Waals surface area (Å²) in [5, 5.41) is 43.3. The highest BCUT2D eigenvalue weighted by molar-refractivity contribution is 7.86. The molecule has 66 heavy (non-hydrogen) atoms. The van der Waals surface area contributed by atoms with Crippen LogP contribution in [0.5, 0.6) is 11.5 Å². The molecule has 8 aromatic rings. The van der Waals surface area contributed by atoms with Gasteiger partial charge in [-0.05, 0) is 98.8 Å². The minimum absolute atomic E-state index is 0.0281. The summed E-state index contributed by atoms with van der Waals surface area (Å²) in [5.41, 5.74) is 0.180. The molecule has 0 saturated carbocycles. The number of aryl methyl sites for hydroxylation is 2. The van der Waals surface area contributed by atoms with Gasteiger partial charge < -0.3 is 20.8 Å². The van der Waals surface area contributed by atoms with Gasteiger partial charge in [0.25, 0.3) is 32.1 Å². The molecule has 20 nitrogen and oxygen atoms in total. The third kappa shape index (κ3) is 9.27. The van der Waals surface area contributed by atoms with Crippen molar-refractivity contribution in [2.24, 2.45) is 20.5 Å². The molecule has 0 aliphatic carbocycles. The molecule has 0 unspecified atom stereocenters. The van der Waals surface area contributed by atoms with Gasteiger partial charge in [-0.25, -0.2) is 19.9 Å². The average molecular weight is 925 g/mol. The molecule has 0 atom stereocenters. The molecule has 8 rings (SSSR count). The maximum Gasteiger partial charge on any atom is 0.295 e. The number of anilines is 2. The number of nitrogens with zero attached hydrogens (tertiary/aromatic N) is 8. The van der Waals surface area contributed by atoms with Gasteiger partial charge in [0.1, 0.15) is 43.7 Å². The van der Waals surface area contributed by atoms with Crippen LogP contribution in [0.15, 0.2) is 152 Å². The van der Waals surface area contributed by atoms with Crippen LogP contribution in [0.4, 0.5) is 34.4 Å². The minimum atomic E-state index is -5.16. The van der Waals surface area contributed by atoms with Crippen LogP contribution in [-0.4, -0.2) is 67.9 Å². The lowest BCUT2D eigenvalue weighted by Crippen LogP contribution is -2.15. The van der Waals surface area contributed by atoms with Crippen LogP contribution in [0, 0.1) is 13.8 Å². The molecule has 0 aliphatic heterocycles. The van der Waals surface area contributed by atoms with E-state index in [0.29, 0.717) is 11.6 Å². The molecule has 0 aliphatic rings. The number of phenols is 2. The number of benzene rings is 4. The molecule has 4 aromatic carbocycles. The zero-order chi connectivity index (χ0) is 46.9. The van der Waals surface area contributed by atoms with Crippen molar-refractivity contribution >= 4 is 88.2 Å². The first kappa shape index (κ1) is 44.2. The monoisotopic (exact) mass is 924 g/mol. The maximum absolute atomic E-state index is 13.6. The number of carbonyl (C=O) groups is 2. The van der Waals surface area contributed by atoms with Crippen molar-refractivity contribution in [2.75, 3.05) is 10.6 Å². The molecule has 2 amide bonds. The van der Waals surface area contributed by atoms with E-state index < -0.39 is 53.0 Å². The summed E-state index contributed by atoms with van der Waals surface area (Å²) in [6, 6.07) is 24.9. The van der Waals surface area contributed by atoms with Gasteiger partial charge in [0.05, 0.1) is 22.5 Å². The van der Waals surface area contributed by atoms with Crippen molar-refractivity contribution in [2.45, 2.75) is 23.6 Å². The number of carbonyl (C=O) groups excluding carboxylic acids is 2. The number of fused-ring (bicyclic) bond motifs is 2. The zero-order valence-electron chi connectivity index (χ0n) is 34.2. The Morgan fingerprint density at radius 1 is 0.530 bits per heavy atom. The first-order valence-corrected chi connectivity index (χ1v) is 22.1. The molecule has 330 valence electrons. The first-order chi connectivity index (χ1) is 31.4. The lowest BCUT2D eigenvalue weighted by atomic mass is 10.0. The number of rotatable bonds is 11. The standard InChI is InChI=1S/C44H32N10O10S2/c1-23-29(21-31-35(55)15-13-33(41(31)47-23)51-53-39-7-3-5-17-45-39)43(57)49-25-9-11-27(37(19-25)65(59,60)61)28-12-10-26(20-38(28)66(62,63)64)50-44(58)30-22-32-36(56)16-14-34(42(32)48-24(30)2)52-54-40-8-4-6-18-46-40/h3-22,55-56H,1-2H3,(H,49,57)(H,50,58)(H,59,60,61)(H,62,63,64). The van der Waals surface area contributed by atoms with E-state index in [1.54, 1.807) is 48.8 Å². The molecule has 0 fully saturated rings. The Kier molecular flexibility index (Phi) is 11.8. The highest BCUT2D eigenvalue weighted by Crippen LogP contribution is 2.38. The van der Waals surface area contributed by atoms with Gasteiger partial charge in [0.15, 0.2) is 11.6 Å². The predicted octanol–water partition coefficient (Wildman–Crippen LogP) is 9.10. The van der Waals surface area contributed by atoms with E-state index in [4.69, 9.17) is 0 Å². The second-order valence-corrected chi connectivity index (χ2v) is 17.1. The largest absolute Gasteiger partial charge is 0.507 e. The molecule has 0 saturated heterocycles. The van der Waals surface area contributed by atoms with E-state index in [-0.39, 0.29) is 78.6 Å². The number of hydrogen-bond donors (Lipinski definition) is 6. The fourth-order valence-electron chi connectivity index (χ4n) is 6.77. The lowest BCUT2D eigenvalue weighted by molar-refractivity contribution is 0.101. The molecular formula is C44H32N10O10S2. The summed E-state index contributed by atoms with van der Waals surface area (Å²) in [5.74, 6) is -1.40. The number of hydrogen-bond acceptors (Lipinski definition) is 16. The number of amides is 2. The fourth-order valence-corrected chi connectivity index (χ4v) is 8.23. The molecule has 0 radical (unpaired) electrons. The summed E-state index contributed by atoms with van der Waals surface area (Å²) >= 11 is 0. The Morgan fingerprint density at radius 3 is 1.30 bits per heavy atom. The van der Waals surface area contributed by atoms with E-state index in [9.17, 15) is 45.7 Å². The quantitative estimate of drug-likeness (QED) is 0.0521. The second-order valence-electron chi connectivity index (χ2n) is 14.3. The van der Waals surface area contributed by atoms with Crippen LogP contribution in [-0.2, 0) is 20.2 Å². The van der Waals surface area contributed by atoms with Crippen LogP contribution in [0.1, 0.15) is 32.1 Å². The summed E-state index contributed by atoms with van der Waals surface area (Å²) in [4.78, 5) is 42.7. The van der Waals surface area contributed by atoms with Gasteiger partial charge in [-0.2, -0.15) is 16.8 Å². The Bertz CT molecular complexity index is 3340. The summed E-state index contributed by atoms with van der Waals surface area (Å²) in [7, 11) is -10.3. The summed E-state index contributed by atoms with van der Waals surface area (Å²) < 4.78 is 72.0. The second kappa shape index (κ2) is 17.6. The summed E-state index contributed by atoms with van der Waals surface area (Å²) in [6.45, 7) is 3.04. The molecule has 6 N–H and O–H groups in total. The number of aromatic nitrogens is 4. The van der Waals surface area contributed by atoms with Crippen LogP contribution < -0.4 is 10.6 Å². The van der Waals surface area contributed by atoms with Crippen molar-refractivity contribution in [1.82, 2.24) is 19.9 Å². The van der Waals surface area contributed by atoms with Crippen molar-refractivity contribution in [1.29, 1.82) is 0 Å². The summed E-state index contributed by atoms with van der Waals surface area (Å²) in [6.07, 6.45) is 3.08. The van der Waals surface area contributed by atoms with Crippen molar-refractivity contribution in [3.63, 3.8) is 0 Å². The zero-order valence-corrected chi connectivity index (χ0v) is 35.8. The Labute approximate surface area is 374 Å². The Morgan fingerprint density at radius 2 is 0.939 bits per heavy atom. The number of azo groups is 2. The van der Waals surface area contributed by atoms with E-state index in [2.05, 4.69) is 51.0 Å². The van der Waals surface area contributed by atoms with Crippen molar-refractivity contribution < 1.29 is 45.7 Å². The number of phenolic OH excluding ortho intramolecular Hbond substituents is 2. The van der Waals surface area contributed by atoms with Gasteiger partial charge in [-0.15, -0.1) is 20.5 Å². The third-order valence-corrected chi connectivity index (χ3v) is 11.7. The van der Waals surface area contributed by atoms with Crippen LogP contribution in [0.2, 0.25) is 0 Å². The average Bonchev–Trinajstić information content (AvgIpc) is 3.28. The Balaban J connectivity index is 1.08. The van der Waals surface area contributed by atoms with Gasteiger partial charge in [0.2, 0.25) is 0 Å². The van der Waals surface area contributed by atoms with Gasteiger partial charge >= 0.3 is 0 Å². The van der Waals surface area contributed by atoms with Gasteiger partial charge in [0, 0.05) is 45.7 Å². The van der Waals surface area contributed by atoms with Crippen LogP contribution in [0.3, 0.4) is 0 Å². The lowest BCUT2D eigenvalue weighted by Gasteiger charge is -2.16. The predicted molar refractivity (Wildman–Crippen MR) is 241 cm³/mol. The molecule has 0 spiro atoms. The van der Waals surface area contributed by atoms with Gasteiger partial charge in [-0.1, -0.05) is 24.3 Å². The van der Waals surface area contributed by atoms with Crippen molar-refractivity contribution in [3.8, 4) is 22.6 Å².